The molecular formula is C21H20ClN2O2S2+. The van der Waals surface area contributed by atoms with Crippen LogP contribution < -0.4 is 9.88 Å². The normalized spacial score (nSPS) is 11.9. The molecule has 1 aromatic carbocycles. The van der Waals surface area contributed by atoms with Gasteiger partial charge in [-0.2, -0.15) is 4.57 Å². The van der Waals surface area contributed by atoms with E-state index in [-0.39, 0.29) is 12.4 Å². The van der Waals surface area contributed by atoms with Crippen LogP contribution in [0.4, 0.5) is 5.69 Å². The first kappa shape index (κ1) is 20.5. The number of benzene rings is 1. The molecule has 0 aliphatic rings. The topological polar surface area (TPSA) is 56.4 Å². The Kier molecular flexibility index (Phi) is 6.46. The average Bonchev–Trinajstić information content (AvgIpc) is 3.07. The van der Waals surface area contributed by atoms with E-state index in [1.54, 1.807) is 41.2 Å². The van der Waals surface area contributed by atoms with E-state index in [4.69, 9.17) is 23.8 Å². The van der Waals surface area contributed by atoms with Gasteiger partial charge in [0.05, 0.1) is 15.8 Å². The number of aromatic nitrogens is 1. The van der Waals surface area contributed by atoms with E-state index in [0.29, 0.717) is 25.5 Å². The van der Waals surface area contributed by atoms with Gasteiger partial charge in [0, 0.05) is 17.3 Å². The summed E-state index contributed by atoms with van der Waals surface area (Å²) in [5.74, 6) is 0.0128. The second-order valence-electron chi connectivity index (χ2n) is 6.41. The molecule has 4 nitrogen and oxygen atoms in total. The van der Waals surface area contributed by atoms with E-state index in [1.165, 1.54) is 11.3 Å². The fourth-order valence-corrected chi connectivity index (χ4v) is 4.21. The van der Waals surface area contributed by atoms with Crippen LogP contribution in [0.3, 0.4) is 0 Å². The third kappa shape index (κ3) is 4.77. The van der Waals surface area contributed by atoms with Crippen molar-refractivity contribution in [1.82, 2.24) is 0 Å². The van der Waals surface area contributed by atoms with E-state index in [9.17, 15) is 10.2 Å². The molecule has 0 saturated carbocycles. The number of halogens is 1. The Balaban J connectivity index is 2.08. The molecule has 28 heavy (non-hydrogen) atoms. The molecule has 0 aliphatic heterocycles. The van der Waals surface area contributed by atoms with Crippen molar-refractivity contribution in [3.63, 3.8) is 0 Å². The van der Waals surface area contributed by atoms with Crippen LogP contribution in [0, 0.1) is 13.8 Å². The number of aliphatic hydroxyl groups excluding tert-OH is 2. The predicted octanol–water partition coefficient (Wildman–Crippen LogP) is 5.12. The second-order valence-corrected chi connectivity index (χ2v) is 8.53. The molecule has 0 bridgehead atoms. The van der Waals surface area contributed by atoms with Gasteiger partial charge in [0.1, 0.15) is 0 Å². The van der Waals surface area contributed by atoms with Crippen LogP contribution in [0.15, 0.2) is 54.9 Å². The van der Waals surface area contributed by atoms with Crippen molar-refractivity contribution in [1.29, 1.82) is 0 Å². The SMILES string of the molecule is Cc1cc(C)cc(NC(=S)/C(=C(\O)c2ccc(Cl)s2)[n+]2cccc(CO)c2)c1. The Bertz CT molecular complexity index is 1040. The summed E-state index contributed by atoms with van der Waals surface area (Å²) in [4.78, 5) is 0.957. The van der Waals surface area contributed by atoms with Gasteiger partial charge in [-0.15, -0.1) is 11.3 Å². The minimum atomic E-state index is -0.114. The lowest BCUT2D eigenvalue weighted by molar-refractivity contribution is -0.576. The number of hydrogen-bond donors (Lipinski definition) is 3. The molecule has 3 N–H and O–H groups in total. The van der Waals surface area contributed by atoms with Crippen molar-refractivity contribution in [3.8, 4) is 0 Å². The fourth-order valence-electron chi connectivity index (χ4n) is 2.90. The highest BCUT2D eigenvalue weighted by Gasteiger charge is 2.25. The first-order valence-electron chi connectivity index (χ1n) is 8.57. The number of anilines is 1. The standard InChI is InChI=1S/C21H19ClN2O2S2/c1-13-8-14(2)10-16(9-13)23-21(27)19(20(26)17-5-6-18(22)28-17)24-7-3-4-15(11-24)12-25/h3-11,25H,12H2,1-2H3,(H-,23,26,27)/p+1. The zero-order chi connectivity index (χ0) is 20.3. The fraction of sp³-hybridized carbons (Fsp3) is 0.143. The van der Waals surface area contributed by atoms with E-state index >= 15 is 0 Å². The monoisotopic (exact) mass is 431 g/mol. The molecule has 3 aromatic rings. The number of nitrogens with one attached hydrogen (secondary N) is 1. The summed E-state index contributed by atoms with van der Waals surface area (Å²) in [6.07, 6.45) is 3.51. The van der Waals surface area contributed by atoms with Crippen molar-refractivity contribution in [2.45, 2.75) is 20.5 Å². The maximum absolute atomic E-state index is 11.0. The number of thiocarbonyl (C=S) groups is 1. The highest BCUT2D eigenvalue weighted by Crippen LogP contribution is 2.29. The van der Waals surface area contributed by atoms with Crippen LogP contribution >= 0.6 is 35.2 Å². The summed E-state index contributed by atoms with van der Waals surface area (Å²) >= 11 is 13.0. The summed E-state index contributed by atoms with van der Waals surface area (Å²) in [7, 11) is 0. The van der Waals surface area contributed by atoms with Crippen LogP contribution in [0.2, 0.25) is 4.34 Å². The third-order valence-corrected chi connectivity index (χ3v) is 5.56. The number of thiophene rings is 1. The Morgan fingerprint density at radius 3 is 2.50 bits per heavy atom. The Labute approximate surface area is 178 Å². The molecule has 2 aromatic heterocycles. The second kappa shape index (κ2) is 8.84. The van der Waals surface area contributed by atoms with Crippen LogP contribution in [0.25, 0.3) is 11.5 Å². The smallest absolute Gasteiger partial charge is 0.289 e. The molecule has 0 radical (unpaired) electrons. The molecule has 0 saturated heterocycles. The third-order valence-electron chi connectivity index (χ3n) is 4.03. The Morgan fingerprint density at radius 1 is 1.18 bits per heavy atom. The molecule has 0 unspecified atom stereocenters. The van der Waals surface area contributed by atoms with Crippen molar-refractivity contribution in [2.75, 3.05) is 5.32 Å². The summed E-state index contributed by atoms with van der Waals surface area (Å²) in [5.41, 5.74) is 4.17. The summed E-state index contributed by atoms with van der Waals surface area (Å²) in [6, 6.07) is 13.1. The zero-order valence-corrected chi connectivity index (χ0v) is 17.8. The Morgan fingerprint density at radius 2 is 1.89 bits per heavy atom. The number of aliphatic hydroxyl groups is 2. The van der Waals surface area contributed by atoms with Gasteiger partial charge in [0.25, 0.3) is 5.70 Å². The van der Waals surface area contributed by atoms with Crippen LogP contribution in [-0.2, 0) is 6.61 Å². The molecular weight excluding hydrogens is 412 g/mol. The molecule has 0 spiro atoms. The van der Waals surface area contributed by atoms with Crippen LogP contribution in [0.5, 0.6) is 0 Å². The van der Waals surface area contributed by atoms with Crippen LogP contribution in [0.1, 0.15) is 21.6 Å². The maximum Gasteiger partial charge on any atom is 0.289 e. The van der Waals surface area contributed by atoms with E-state index in [1.807, 2.05) is 26.0 Å². The van der Waals surface area contributed by atoms with E-state index < -0.39 is 0 Å². The molecule has 0 fully saturated rings. The number of nitrogens with zero attached hydrogens (tertiary/aromatic N) is 1. The highest BCUT2D eigenvalue weighted by molar-refractivity contribution is 7.81. The summed E-state index contributed by atoms with van der Waals surface area (Å²) < 4.78 is 2.27. The molecule has 144 valence electrons. The van der Waals surface area contributed by atoms with Gasteiger partial charge in [-0.25, -0.2) is 0 Å². The van der Waals surface area contributed by atoms with Gasteiger partial charge in [-0.3, -0.25) is 0 Å². The minimum Gasteiger partial charge on any atom is -0.501 e. The van der Waals surface area contributed by atoms with Gasteiger partial charge in [-0.1, -0.05) is 29.9 Å². The molecule has 2 heterocycles. The first-order valence-corrected chi connectivity index (χ1v) is 10.2. The minimum absolute atomic E-state index is 0.0128. The van der Waals surface area contributed by atoms with E-state index in [0.717, 1.165) is 16.8 Å². The van der Waals surface area contributed by atoms with Crippen molar-refractivity contribution in [3.05, 3.63) is 80.8 Å². The van der Waals surface area contributed by atoms with Gasteiger partial charge >= 0.3 is 0 Å². The quantitative estimate of drug-likeness (QED) is 0.227. The molecule has 3 rings (SSSR count). The van der Waals surface area contributed by atoms with Gasteiger partial charge in [0.15, 0.2) is 17.4 Å². The lowest BCUT2D eigenvalue weighted by Crippen LogP contribution is -2.39. The maximum atomic E-state index is 11.0. The Hall–Kier alpha value is -2.25. The van der Waals surface area contributed by atoms with Gasteiger partial charge in [-0.05, 0) is 55.3 Å². The van der Waals surface area contributed by atoms with Crippen molar-refractivity contribution < 1.29 is 14.8 Å². The zero-order valence-electron chi connectivity index (χ0n) is 15.4. The van der Waals surface area contributed by atoms with E-state index in [2.05, 4.69) is 11.4 Å². The molecule has 0 amide bonds. The van der Waals surface area contributed by atoms with Gasteiger partial charge in [0.2, 0.25) is 5.76 Å². The first-order chi connectivity index (χ1) is 13.4. The molecule has 0 atom stereocenters. The van der Waals surface area contributed by atoms with Crippen molar-refractivity contribution >= 4 is 57.3 Å². The lowest BCUT2D eigenvalue weighted by Gasteiger charge is -2.11. The molecule has 0 aliphatic carbocycles. The number of aryl methyl sites for hydroxylation is 2. The van der Waals surface area contributed by atoms with Crippen LogP contribution in [-0.4, -0.2) is 15.2 Å². The predicted molar refractivity (Wildman–Crippen MR) is 120 cm³/mol. The molecule has 7 heteroatoms. The number of pyridine rings is 1. The largest absolute Gasteiger partial charge is 0.501 e. The van der Waals surface area contributed by atoms with Crippen molar-refractivity contribution in [2.24, 2.45) is 0 Å². The summed E-state index contributed by atoms with van der Waals surface area (Å²) in [6.45, 7) is 3.92. The highest BCUT2D eigenvalue weighted by atomic mass is 35.5. The van der Waals surface area contributed by atoms with Gasteiger partial charge < -0.3 is 15.5 Å². The average molecular weight is 432 g/mol. The lowest BCUT2D eigenvalue weighted by atomic mass is 10.1. The summed E-state index contributed by atoms with van der Waals surface area (Å²) in [5, 5.41) is 23.7. The number of rotatable bonds is 5. The number of hydrogen-bond acceptors (Lipinski definition) is 4.